The largest absolute Gasteiger partial charge is 0.493 e. The Kier molecular flexibility index (Phi) is 7.95. The van der Waals surface area contributed by atoms with Crippen LogP contribution in [0.4, 0.5) is 0 Å². The van der Waals surface area contributed by atoms with Crippen molar-refractivity contribution < 1.29 is 19.1 Å². The average molecular weight is 522 g/mol. The lowest BCUT2D eigenvalue weighted by Gasteiger charge is -2.35. The summed E-state index contributed by atoms with van der Waals surface area (Å²) >= 11 is 2.22. The second-order valence-corrected chi connectivity index (χ2v) is 8.61. The van der Waals surface area contributed by atoms with E-state index in [1.807, 2.05) is 41.3 Å². The van der Waals surface area contributed by atoms with E-state index in [1.165, 1.54) is 6.42 Å². The van der Waals surface area contributed by atoms with Crippen LogP contribution in [0.1, 0.15) is 48.0 Å². The summed E-state index contributed by atoms with van der Waals surface area (Å²) < 4.78 is 11.8. The highest BCUT2D eigenvalue weighted by Gasteiger charge is 2.27. The molecule has 30 heavy (non-hydrogen) atoms. The van der Waals surface area contributed by atoms with Crippen LogP contribution in [0.3, 0.4) is 0 Å². The Morgan fingerprint density at radius 2 is 1.83 bits per heavy atom. The molecule has 2 aromatic rings. The summed E-state index contributed by atoms with van der Waals surface area (Å²) in [5, 5.41) is 0. The van der Waals surface area contributed by atoms with Gasteiger partial charge in [0.15, 0.2) is 18.1 Å². The molecule has 2 aromatic carbocycles. The van der Waals surface area contributed by atoms with E-state index in [4.69, 9.17) is 15.2 Å². The van der Waals surface area contributed by atoms with Crippen molar-refractivity contribution in [2.24, 2.45) is 5.73 Å². The van der Waals surface area contributed by atoms with Crippen LogP contribution in [0, 0.1) is 3.57 Å². The van der Waals surface area contributed by atoms with E-state index in [-0.39, 0.29) is 18.6 Å². The molecule has 6 nitrogen and oxygen atoms in total. The fraction of sp³-hybridized carbons (Fsp3) is 0.391. The summed E-state index contributed by atoms with van der Waals surface area (Å²) in [5.41, 5.74) is 6.84. The lowest BCUT2D eigenvalue weighted by atomic mass is 9.93. The van der Waals surface area contributed by atoms with Crippen LogP contribution in [0.5, 0.6) is 11.5 Å². The Labute approximate surface area is 190 Å². The van der Waals surface area contributed by atoms with Crippen molar-refractivity contribution in [2.75, 3.05) is 13.7 Å². The molecule has 0 aliphatic heterocycles. The van der Waals surface area contributed by atoms with Crippen molar-refractivity contribution >= 4 is 34.4 Å². The fourth-order valence-electron chi connectivity index (χ4n) is 3.82. The molecule has 160 valence electrons. The summed E-state index contributed by atoms with van der Waals surface area (Å²) in [4.78, 5) is 26.5. The van der Waals surface area contributed by atoms with E-state index >= 15 is 0 Å². The number of carbonyl (C=O) groups is 2. The first-order chi connectivity index (χ1) is 14.5. The van der Waals surface area contributed by atoms with Gasteiger partial charge in [-0.05, 0) is 65.3 Å². The number of carbonyl (C=O) groups excluding carboxylic acids is 2. The second kappa shape index (κ2) is 10.7. The third-order valence-electron chi connectivity index (χ3n) is 5.33. The Bertz CT molecular complexity index is 897. The summed E-state index contributed by atoms with van der Waals surface area (Å²) in [6.07, 6.45) is 5.55. The second-order valence-electron chi connectivity index (χ2n) is 7.44. The number of benzene rings is 2. The van der Waals surface area contributed by atoms with Crippen LogP contribution in [0.25, 0.3) is 0 Å². The van der Waals surface area contributed by atoms with Crippen LogP contribution < -0.4 is 15.2 Å². The van der Waals surface area contributed by atoms with E-state index in [9.17, 15) is 9.59 Å². The van der Waals surface area contributed by atoms with Crippen LogP contribution in [-0.4, -0.2) is 36.5 Å². The molecule has 1 aliphatic carbocycles. The molecule has 3 rings (SSSR count). The average Bonchev–Trinajstić information content (AvgIpc) is 2.76. The Hall–Kier alpha value is -2.29. The van der Waals surface area contributed by atoms with Crippen molar-refractivity contribution in [3.8, 4) is 11.5 Å². The van der Waals surface area contributed by atoms with Gasteiger partial charge in [-0.15, -0.1) is 0 Å². The highest BCUT2D eigenvalue weighted by atomic mass is 127. The van der Waals surface area contributed by atoms with Gasteiger partial charge in [0.2, 0.25) is 0 Å². The number of rotatable bonds is 8. The fourth-order valence-corrected chi connectivity index (χ4v) is 4.44. The molecule has 0 spiro atoms. The minimum absolute atomic E-state index is 0.0555. The molecule has 0 atom stereocenters. The zero-order chi connectivity index (χ0) is 21.5. The van der Waals surface area contributed by atoms with E-state index in [0.717, 1.165) is 40.4 Å². The zero-order valence-corrected chi connectivity index (χ0v) is 19.3. The van der Waals surface area contributed by atoms with Gasteiger partial charge in [-0.1, -0.05) is 37.5 Å². The quantitative estimate of drug-likeness (QED) is 0.529. The number of methoxy groups -OCH3 is 1. The molecule has 0 saturated heterocycles. The van der Waals surface area contributed by atoms with Crippen molar-refractivity contribution in [2.45, 2.75) is 44.7 Å². The molecule has 0 radical (unpaired) electrons. The van der Waals surface area contributed by atoms with Gasteiger partial charge in [0.05, 0.1) is 12.7 Å². The number of hydrogen-bond acceptors (Lipinski definition) is 4. The predicted molar refractivity (Wildman–Crippen MR) is 124 cm³/mol. The van der Waals surface area contributed by atoms with Crippen LogP contribution in [0.15, 0.2) is 42.5 Å². The molecule has 0 aromatic heterocycles. The molecule has 1 fully saturated rings. The lowest BCUT2D eigenvalue weighted by Crippen LogP contribution is -2.41. The standard InChI is InChI=1S/C23H27IN2O4/c1-29-21-13-16(11-12-20(21)30-15-22(25)27)14-26(17-7-3-2-4-8-17)23(28)18-9-5-6-10-19(18)24/h5-6,9-13,17H,2-4,7-8,14-15H2,1H3,(H2,25,27). The van der Waals surface area contributed by atoms with E-state index in [2.05, 4.69) is 22.6 Å². The number of ether oxygens (including phenoxy) is 2. The van der Waals surface area contributed by atoms with Crippen molar-refractivity contribution in [1.82, 2.24) is 4.90 Å². The summed E-state index contributed by atoms with van der Waals surface area (Å²) in [5.74, 6) is 0.472. The third kappa shape index (κ3) is 5.65. The Balaban J connectivity index is 1.86. The van der Waals surface area contributed by atoms with Gasteiger partial charge in [-0.2, -0.15) is 0 Å². The van der Waals surface area contributed by atoms with Gasteiger partial charge in [0, 0.05) is 16.2 Å². The molecular formula is C23H27IN2O4. The molecule has 7 heteroatoms. The number of primary amides is 1. The molecular weight excluding hydrogens is 495 g/mol. The summed E-state index contributed by atoms with van der Waals surface area (Å²) in [7, 11) is 1.55. The van der Waals surface area contributed by atoms with Gasteiger partial charge < -0.3 is 20.1 Å². The van der Waals surface area contributed by atoms with Crippen molar-refractivity contribution in [3.63, 3.8) is 0 Å². The summed E-state index contributed by atoms with van der Waals surface area (Å²) in [6.45, 7) is 0.274. The van der Waals surface area contributed by atoms with Gasteiger partial charge >= 0.3 is 0 Å². The van der Waals surface area contributed by atoms with Crippen molar-refractivity contribution in [1.29, 1.82) is 0 Å². The Morgan fingerprint density at radius 1 is 1.10 bits per heavy atom. The van der Waals surface area contributed by atoms with Gasteiger partial charge in [-0.3, -0.25) is 9.59 Å². The molecule has 0 unspecified atom stereocenters. The zero-order valence-electron chi connectivity index (χ0n) is 17.1. The molecule has 2 N–H and O–H groups in total. The first kappa shape index (κ1) is 22.4. The number of nitrogens with zero attached hydrogens (tertiary/aromatic N) is 1. The predicted octanol–water partition coefficient (Wildman–Crippen LogP) is 4.14. The highest BCUT2D eigenvalue weighted by Crippen LogP contribution is 2.31. The minimum atomic E-state index is -0.548. The molecule has 1 aliphatic rings. The smallest absolute Gasteiger partial charge is 0.255 e. The monoisotopic (exact) mass is 522 g/mol. The number of halogens is 1. The van der Waals surface area contributed by atoms with Gasteiger partial charge in [0.1, 0.15) is 0 Å². The van der Waals surface area contributed by atoms with Crippen LogP contribution >= 0.6 is 22.6 Å². The maximum absolute atomic E-state index is 13.5. The SMILES string of the molecule is COc1cc(CN(C(=O)c2ccccc2I)C2CCCCC2)ccc1OCC(N)=O. The molecule has 2 amide bonds. The van der Waals surface area contributed by atoms with Crippen molar-refractivity contribution in [3.05, 3.63) is 57.2 Å². The number of hydrogen-bond donors (Lipinski definition) is 1. The normalized spacial score (nSPS) is 14.2. The van der Waals surface area contributed by atoms with E-state index < -0.39 is 5.91 Å². The first-order valence-corrected chi connectivity index (χ1v) is 11.2. The minimum Gasteiger partial charge on any atom is -0.493 e. The van der Waals surface area contributed by atoms with Crippen LogP contribution in [0.2, 0.25) is 0 Å². The van der Waals surface area contributed by atoms with Crippen LogP contribution in [-0.2, 0) is 11.3 Å². The maximum atomic E-state index is 13.5. The molecule has 0 bridgehead atoms. The van der Waals surface area contributed by atoms with E-state index in [1.54, 1.807) is 13.2 Å². The summed E-state index contributed by atoms with van der Waals surface area (Å²) in [6, 6.07) is 13.4. The van der Waals surface area contributed by atoms with E-state index in [0.29, 0.717) is 18.0 Å². The molecule has 0 heterocycles. The first-order valence-electron chi connectivity index (χ1n) is 10.1. The van der Waals surface area contributed by atoms with Gasteiger partial charge in [-0.25, -0.2) is 0 Å². The Morgan fingerprint density at radius 3 is 2.50 bits per heavy atom. The maximum Gasteiger partial charge on any atom is 0.255 e. The molecule has 1 saturated carbocycles. The third-order valence-corrected chi connectivity index (χ3v) is 6.27. The number of nitrogens with two attached hydrogens (primary N) is 1. The number of amides is 2. The topological polar surface area (TPSA) is 81.9 Å². The van der Waals surface area contributed by atoms with Gasteiger partial charge in [0.25, 0.3) is 11.8 Å². The highest BCUT2D eigenvalue weighted by molar-refractivity contribution is 14.1. The lowest BCUT2D eigenvalue weighted by molar-refractivity contribution is -0.119.